The van der Waals surface area contributed by atoms with Crippen molar-refractivity contribution >= 4 is 21.8 Å². The number of para-hydroxylation sites is 1. The second kappa shape index (κ2) is 14.9. The van der Waals surface area contributed by atoms with E-state index in [1.807, 2.05) is 89.3 Å². The highest BCUT2D eigenvalue weighted by Crippen LogP contribution is 2.33. The number of ether oxygens (including phenoxy) is 1. The van der Waals surface area contributed by atoms with Gasteiger partial charge in [0, 0.05) is 43.6 Å². The molecule has 0 saturated carbocycles. The van der Waals surface area contributed by atoms with Crippen LogP contribution in [0.25, 0.3) is 16.9 Å². The maximum Gasteiger partial charge on any atom is 0.271 e. The van der Waals surface area contributed by atoms with Crippen LogP contribution in [0.4, 0.5) is 0 Å². The third kappa shape index (κ3) is 8.46. The van der Waals surface area contributed by atoms with E-state index in [9.17, 15) is 18.0 Å². The predicted octanol–water partition coefficient (Wildman–Crippen LogP) is 5.48. The van der Waals surface area contributed by atoms with Gasteiger partial charge < -0.3 is 14.2 Å². The number of carbonyl (C=O) groups excluding carboxylic acids is 2. The molecule has 6 rings (SSSR count). The molecule has 5 aromatic rings. The van der Waals surface area contributed by atoms with E-state index >= 15 is 0 Å². The summed E-state index contributed by atoms with van der Waals surface area (Å²) in [7, 11) is -3.66. The van der Waals surface area contributed by atoms with E-state index < -0.39 is 22.5 Å². The van der Waals surface area contributed by atoms with E-state index in [2.05, 4.69) is 45.9 Å². The van der Waals surface area contributed by atoms with Crippen molar-refractivity contribution in [1.82, 2.24) is 19.1 Å². The highest BCUT2D eigenvalue weighted by molar-refractivity contribution is 7.89. The largest absolute Gasteiger partial charge is 0.484 e. The lowest BCUT2D eigenvalue weighted by atomic mass is 9.99. The number of sulfonamides is 1. The number of carbonyl (C=O) groups is 2. The smallest absolute Gasteiger partial charge is 0.271 e. The Kier molecular flexibility index (Phi) is 10.3. The lowest BCUT2D eigenvalue weighted by Gasteiger charge is -2.42. The Morgan fingerprint density at radius 3 is 2.10 bits per heavy atom. The second-order valence-electron chi connectivity index (χ2n) is 12.4. The number of aryl methyl sites for hydroxylation is 1. The molecule has 1 aromatic heterocycles. The Balaban J connectivity index is 1.28. The molecule has 9 nitrogen and oxygen atoms in total. The zero-order chi connectivity index (χ0) is 34.4. The van der Waals surface area contributed by atoms with Gasteiger partial charge >= 0.3 is 0 Å². The average molecular weight is 677 g/mol. The van der Waals surface area contributed by atoms with E-state index in [0.29, 0.717) is 30.8 Å². The first-order valence-corrected chi connectivity index (χ1v) is 18.2. The van der Waals surface area contributed by atoms with Gasteiger partial charge in [-0.25, -0.2) is 8.42 Å². The Labute approximate surface area is 287 Å². The van der Waals surface area contributed by atoms with Gasteiger partial charge in [-0.15, -0.1) is 0 Å². The minimum atomic E-state index is -3.66. The first kappa shape index (κ1) is 33.7. The number of aromatic nitrogens is 1. The summed E-state index contributed by atoms with van der Waals surface area (Å²) in [5.41, 5.74) is 6.74. The summed E-state index contributed by atoms with van der Waals surface area (Å²) < 4.78 is 32.2. The minimum Gasteiger partial charge on any atom is -0.484 e. The number of amides is 2. The first-order valence-electron chi connectivity index (χ1n) is 16.3. The van der Waals surface area contributed by atoms with Crippen LogP contribution < -0.4 is 9.46 Å². The summed E-state index contributed by atoms with van der Waals surface area (Å²) >= 11 is 0. The Hall–Kier alpha value is -5.19. The van der Waals surface area contributed by atoms with Crippen LogP contribution in [-0.4, -0.2) is 73.1 Å². The zero-order valence-electron chi connectivity index (χ0n) is 27.7. The quantitative estimate of drug-likeness (QED) is 0.199. The second-order valence-corrected chi connectivity index (χ2v) is 14.1. The number of nitrogens with zero attached hydrogens (tertiary/aromatic N) is 3. The summed E-state index contributed by atoms with van der Waals surface area (Å²) in [4.78, 5) is 31.1. The molecule has 0 unspecified atom stereocenters. The molecule has 4 aromatic carbocycles. The van der Waals surface area contributed by atoms with Crippen LogP contribution in [-0.2, 0) is 27.8 Å². The van der Waals surface area contributed by atoms with Gasteiger partial charge in [-0.05, 0) is 60.4 Å². The minimum absolute atomic E-state index is 0.00200. The standard InChI is InChI=1S/C39H40N4O5S/c1-29-24-36(38(32-14-8-4-9-15-32)43(29)33-16-10-5-11-17-33)39(45)42-23-22-41(26-31-12-6-3-7-13-31)27-34(42)25-30-18-20-35(21-19-30)48-28-37(44)40-49(2,46)47/h3-21,24,34H,22-23,25-28H2,1-2H3,(H,40,44)/t34-/m1/s1. The van der Waals surface area contributed by atoms with Crippen molar-refractivity contribution in [3.63, 3.8) is 0 Å². The Morgan fingerprint density at radius 1 is 0.816 bits per heavy atom. The molecule has 252 valence electrons. The lowest BCUT2D eigenvalue weighted by Crippen LogP contribution is -2.55. The molecule has 1 atom stereocenters. The molecule has 10 heteroatoms. The van der Waals surface area contributed by atoms with Crippen LogP contribution in [0.1, 0.15) is 27.2 Å². The molecule has 49 heavy (non-hydrogen) atoms. The fraction of sp³-hybridized carbons (Fsp3) is 0.231. The summed E-state index contributed by atoms with van der Waals surface area (Å²) in [6.45, 7) is 4.44. The molecule has 0 radical (unpaired) electrons. The Bertz CT molecular complexity index is 2000. The van der Waals surface area contributed by atoms with Crippen molar-refractivity contribution in [2.75, 3.05) is 32.5 Å². The van der Waals surface area contributed by atoms with Crippen molar-refractivity contribution in [1.29, 1.82) is 0 Å². The lowest BCUT2D eigenvalue weighted by molar-refractivity contribution is -0.121. The third-order valence-corrected chi connectivity index (χ3v) is 9.22. The molecule has 1 aliphatic heterocycles. The van der Waals surface area contributed by atoms with Gasteiger partial charge in [0.05, 0.1) is 17.5 Å². The SMILES string of the molecule is Cc1cc(C(=O)N2CCN(Cc3ccccc3)C[C@H]2Cc2ccc(OCC(=O)NS(C)(=O)=O)cc2)c(-c2ccccc2)n1-c1ccccc1. The van der Waals surface area contributed by atoms with Gasteiger partial charge in [0.25, 0.3) is 11.8 Å². The number of hydrogen-bond acceptors (Lipinski definition) is 6. The van der Waals surface area contributed by atoms with Crippen LogP contribution in [0, 0.1) is 6.92 Å². The zero-order valence-corrected chi connectivity index (χ0v) is 28.5. The van der Waals surface area contributed by atoms with Gasteiger partial charge in [0.15, 0.2) is 6.61 Å². The first-order chi connectivity index (χ1) is 23.6. The van der Waals surface area contributed by atoms with Crippen LogP contribution in [0.3, 0.4) is 0 Å². The third-order valence-electron chi connectivity index (χ3n) is 8.62. The summed E-state index contributed by atoms with van der Waals surface area (Å²) in [5, 5.41) is 0. The molecule has 2 amide bonds. The van der Waals surface area contributed by atoms with Gasteiger partial charge in [0.2, 0.25) is 10.0 Å². The molecule has 1 fully saturated rings. The molecular formula is C39H40N4O5S. The van der Waals surface area contributed by atoms with Crippen molar-refractivity contribution in [3.05, 3.63) is 144 Å². The fourth-order valence-corrected chi connectivity index (χ4v) is 6.95. The van der Waals surface area contributed by atoms with Crippen LogP contribution in [0.2, 0.25) is 0 Å². The number of benzene rings is 4. The summed E-state index contributed by atoms with van der Waals surface area (Å²) in [6, 6.07) is 39.8. The van der Waals surface area contributed by atoms with Crippen molar-refractivity contribution in [2.24, 2.45) is 0 Å². The van der Waals surface area contributed by atoms with Gasteiger partial charge in [-0.2, -0.15) is 0 Å². The van der Waals surface area contributed by atoms with Crippen LogP contribution >= 0.6 is 0 Å². The maximum absolute atomic E-state index is 14.8. The molecule has 0 aliphatic carbocycles. The molecule has 0 spiro atoms. The number of nitrogens with one attached hydrogen (secondary N) is 1. The van der Waals surface area contributed by atoms with E-state index in [-0.39, 0.29) is 11.9 Å². The van der Waals surface area contributed by atoms with Gasteiger partial charge in [-0.1, -0.05) is 91.0 Å². The molecule has 1 saturated heterocycles. The van der Waals surface area contributed by atoms with E-state index in [4.69, 9.17) is 4.74 Å². The molecule has 0 bridgehead atoms. The van der Waals surface area contributed by atoms with E-state index in [1.165, 1.54) is 5.56 Å². The summed E-state index contributed by atoms with van der Waals surface area (Å²) in [5.74, 6) is -0.301. The number of hydrogen-bond donors (Lipinski definition) is 1. The van der Waals surface area contributed by atoms with Crippen LogP contribution in [0.5, 0.6) is 5.75 Å². The molecular weight excluding hydrogens is 637 g/mol. The normalized spacial score (nSPS) is 15.1. The Morgan fingerprint density at radius 2 is 1.45 bits per heavy atom. The van der Waals surface area contributed by atoms with Gasteiger partial charge in [0.1, 0.15) is 5.75 Å². The van der Waals surface area contributed by atoms with E-state index in [0.717, 1.165) is 47.5 Å². The topological polar surface area (TPSA) is 101 Å². The van der Waals surface area contributed by atoms with Gasteiger partial charge in [-0.3, -0.25) is 19.2 Å². The highest BCUT2D eigenvalue weighted by Gasteiger charge is 2.34. The highest BCUT2D eigenvalue weighted by atomic mass is 32.2. The molecule has 1 aliphatic rings. The van der Waals surface area contributed by atoms with Crippen molar-refractivity contribution in [2.45, 2.75) is 25.9 Å². The maximum atomic E-state index is 14.8. The predicted molar refractivity (Wildman–Crippen MR) is 191 cm³/mol. The van der Waals surface area contributed by atoms with Crippen LogP contribution in [0.15, 0.2) is 121 Å². The van der Waals surface area contributed by atoms with E-state index in [1.54, 1.807) is 12.1 Å². The number of rotatable bonds is 11. The molecule has 2 heterocycles. The fourth-order valence-electron chi connectivity index (χ4n) is 6.47. The monoisotopic (exact) mass is 676 g/mol. The average Bonchev–Trinajstić information content (AvgIpc) is 3.45. The van der Waals surface area contributed by atoms with Crippen molar-refractivity contribution < 1.29 is 22.7 Å². The van der Waals surface area contributed by atoms with Crippen molar-refractivity contribution in [3.8, 4) is 22.7 Å². The molecule has 1 N–H and O–H groups in total. The summed E-state index contributed by atoms with van der Waals surface area (Å²) in [6.07, 6.45) is 1.54. The number of piperazine rings is 1.